The number of carbonyl (C=O) groups is 1. The fourth-order valence-electron chi connectivity index (χ4n) is 3.73. The van der Waals surface area contributed by atoms with Crippen molar-refractivity contribution in [2.24, 2.45) is 0 Å². The number of hydrogen-bond acceptors (Lipinski definition) is 7. The molecule has 0 unspecified atom stereocenters. The molecule has 0 bridgehead atoms. The summed E-state index contributed by atoms with van der Waals surface area (Å²) >= 11 is 0. The maximum absolute atomic E-state index is 13.8. The predicted molar refractivity (Wildman–Crippen MR) is 123 cm³/mol. The smallest absolute Gasteiger partial charge is 0.289 e. The number of alkyl halides is 16. The van der Waals surface area contributed by atoms with Gasteiger partial charge < -0.3 is 0 Å². The second kappa shape index (κ2) is 12.0. The molecule has 0 aromatic heterocycles. The molecule has 0 saturated heterocycles. The fourth-order valence-corrected chi connectivity index (χ4v) is 5.60. The van der Waals surface area contributed by atoms with Crippen molar-refractivity contribution in [3.63, 3.8) is 0 Å². The summed E-state index contributed by atoms with van der Waals surface area (Å²) in [5, 5.41) is 0. The van der Waals surface area contributed by atoms with Gasteiger partial charge in [-0.15, -0.1) is 0 Å². The lowest BCUT2D eigenvalue weighted by Crippen LogP contribution is -2.59. The first-order valence-corrected chi connectivity index (χ1v) is 14.7. The van der Waals surface area contributed by atoms with E-state index in [-0.39, 0.29) is 11.1 Å². The molecule has 0 saturated carbocycles. The normalized spacial score (nSPS) is 15.3. The van der Waals surface area contributed by atoms with Gasteiger partial charge in [0.05, 0.1) is 9.79 Å². The Bertz CT molecular complexity index is 1680. The second-order valence-electron chi connectivity index (χ2n) is 9.58. The first-order valence-electron chi connectivity index (χ1n) is 11.8. The highest BCUT2D eigenvalue weighted by molar-refractivity contribution is 7.87. The van der Waals surface area contributed by atoms with E-state index in [0.29, 0.717) is 36.4 Å². The van der Waals surface area contributed by atoms with Gasteiger partial charge in [-0.1, -0.05) is 12.1 Å². The van der Waals surface area contributed by atoms with Crippen LogP contribution in [0, 0.1) is 0 Å². The van der Waals surface area contributed by atoms with Crippen LogP contribution >= 0.6 is 0 Å². The van der Waals surface area contributed by atoms with Crippen molar-refractivity contribution in [2.75, 3.05) is 13.2 Å². The summed E-state index contributed by atoms with van der Waals surface area (Å²) in [5.41, 5.74) is -2.06. The Hall–Kier alpha value is -3.19. The molecule has 0 spiro atoms. The predicted octanol–water partition coefficient (Wildman–Crippen LogP) is 6.65. The first kappa shape index (κ1) is 39.3. The van der Waals surface area contributed by atoms with Crippen LogP contribution in [0.3, 0.4) is 0 Å². The van der Waals surface area contributed by atoms with Crippen LogP contribution < -0.4 is 0 Å². The summed E-state index contributed by atoms with van der Waals surface area (Å²) in [6.45, 7) is -6.22. The zero-order chi connectivity index (χ0) is 37.3. The van der Waals surface area contributed by atoms with Crippen LogP contribution in [-0.4, -0.2) is 84.2 Å². The summed E-state index contributed by atoms with van der Waals surface area (Å²) in [7, 11) is -11.4. The van der Waals surface area contributed by atoms with Gasteiger partial charge in [-0.05, 0) is 35.4 Å². The van der Waals surface area contributed by atoms with E-state index in [1.54, 1.807) is 0 Å². The molecule has 0 fully saturated rings. The first-order chi connectivity index (χ1) is 21.4. The van der Waals surface area contributed by atoms with Crippen LogP contribution in [-0.2, 0) is 28.6 Å². The van der Waals surface area contributed by atoms with E-state index < -0.39 is 109 Å². The minimum atomic E-state index is -6.84. The molecule has 0 heterocycles. The van der Waals surface area contributed by atoms with E-state index in [0.717, 1.165) is 0 Å². The molecule has 0 N–H and O–H groups in total. The van der Waals surface area contributed by atoms with Crippen molar-refractivity contribution in [1.82, 2.24) is 0 Å². The summed E-state index contributed by atoms with van der Waals surface area (Å²) < 4.78 is 266. The van der Waals surface area contributed by atoms with Crippen molar-refractivity contribution in [3.8, 4) is 11.1 Å². The quantitative estimate of drug-likeness (QED) is 0.134. The minimum Gasteiger partial charge on any atom is -0.289 e. The van der Waals surface area contributed by atoms with E-state index in [4.69, 9.17) is 0 Å². The number of halogens is 16. The van der Waals surface area contributed by atoms with Crippen LogP contribution in [0.2, 0.25) is 0 Å². The summed E-state index contributed by atoms with van der Waals surface area (Å²) in [6.07, 6.45) is -10.6. The lowest BCUT2D eigenvalue weighted by atomic mass is 10.1. The highest BCUT2D eigenvalue weighted by atomic mass is 32.2. The molecular formula is C23H12F16O7S2. The lowest BCUT2D eigenvalue weighted by Gasteiger charge is -2.31. The van der Waals surface area contributed by atoms with Gasteiger partial charge >= 0.3 is 48.4 Å². The molecule has 3 rings (SSSR count). The van der Waals surface area contributed by atoms with Gasteiger partial charge in [0.25, 0.3) is 20.2 Å². The maximum atomic E-state index is 13.8. The third-order valence-corrected chi connectivity index (χ3v) is 8.95. The Kier molecular flexibility index (Phi) is 9.81. The van der Waals surface area contributed by atoms with Crippen molar-refractivity contribution in [1.29, 1.82) is 0 Å². The molecule has 2 aromatic carbocycles. The molecule has 7 nitrogen and oxygen atoms in total. The minimum absolute atomic E-state index is 0.285. The number of hydrogen-bond donors (Lipinski definition) is 0. The Morgan fingerprint density at radius 1 is 0.521 bits per heavy atom. The van der Waals surface area contributed by atoms with E-state index in [9.17, 15) is 91.9 Å². The van der Waals surface area contributed by atoms with Gasteiger partial charge in [0.1, 0.15) is 13.2 Å². The molecule has 0 radical (unpaired) electrons. The van der Waals surface area contributed by atoms with Crippen molar-refractivity contribution >= 4 is 26.0 Å². The van der Waals surface area contributed by atoms with Crippen molar-refractivity contribution < 1.29 is 100 Å². The van der Waals surface area contributed by atoms with Crippen LogP contribution in [0.25, 0.3) is 11.1 Å². The lowest BCUT2D eigenvalue weighted by molar-refractivity contribution is -0.342. The standard InChI is InChI=1S/C23H12F16O7S2/c24-16(25)20(32,33)22(36,37)18(28,29)7-45-47(41,42)9-1-3-11-12-4-2-10(6-14(12)15(40)13(11)5-9)48(43,44)46-8-19(30,31)23(38,39)21(34,35)17(26)27/h1-6,16-17H,7-8H2. The van der Waals surface area contributed by atoms with Crippen molar-refractivity contribution in [2.45, 2.75) is 58.2 Å². The Morgan fingerprint density at radius 2 is 0.812 bits per heavy atom. The van der Waals surface area contributed by atoms with Gasteiger partial charge in [-0.25, -0.2) is 17.6 Å². The Balaban J connectivity index is 1.86. The Labute approximate surface area is 256 Å². The van der Waals surface area contributed by atoms with E-state index >= 15 is 0 Å². The Morgan fingerprint density at radius 3 is 1.08 bits per heavy atom. The third-order valence-electron chi connectivity index (χ3n) is 6.43. The molecule has 2 aromatic rings. The van der Waals surface area contributed by atoms with E-state index in [1.165, 1.54) is 0 Å². The topological polar surface area (TPSA) is 104 Å². The average molecular weight is 768 g/mol. The van der Waals surface area contributed by atoms with Crippen LogP contribution in [0.4, 0.5) is 70.2 Å². The van der Waals surface area contributed by atoms with Crippen LogP contribution in [0.5, 0.6) is 0 Å². The monoisotopic (exact) mass is 768 g/mol. The molecule has 0 atom stereocenters. The molecule has 270 valence electrons. The molecule has 1 aliphatic carbocycles. The molecule has 0 amide bonds. The maximum Gasteiger partial charge on any atom is 0.380 e. The van der Waals surface area contributed by atoms with Crippen LogP contribution in [0.15, 0.2) is 46.2 Å². The molecule has 48 heavy (non-hydrogen) atoms. The SMILES string of the molecule is O=C1c2cc(S(=O)(=O)OCC(F)(F)C(F)(F)C(F)(F)C(F)F)ccc2-c2ccc(S(=O)(=O)OCC(F)(F)C(F)(F)C(F)(F)C(F)F)cc21. The number of fused-ring (bicyclic) bond motifs is 3. The van der Waals surface area contributed by atoms with Gasteiger partial charge in [-0.2, -0.15) is 69.5 Å². The molecule has 1 aliphatic rings. The van der Waals surface area contributed by atoms with Gasteiger partial charge in [0, 0.05) is 11.1 Å². The third kappa shape index (κ3) is 6.32. The van der Waals surface area contributed by atoms with Crippen molar-refractivity contribution in [3.05, 3.63) is 47.5 Å². The average Bonchev–Trinajstić information content (AvgIpc) is 3.25. The summed E-state index contributed by atoms with van der Waals surface area (Å²) in [4.78, 5) is 10.3. The molecular weight excluding hydrogens is 756 g/mol. The number of ketones is 1. The van der Waals surface area contributed by atoms with E-state index in [1.807, 2.05) is 0 Å². The largest absolute Gasteiger partial charge is 0.380 e. The second-order valence-corrected chi connectivity index (χ2v) is 12.8. The van der Waals surface area contributed by atoms with Gasteiger partial charge in [0.15, 0.2) is 5.78 Å². The summed E-state index contributed by atoms with van der Waals surface area (Å²) in [6, 6.07) is 2.98. The van der Waals surface area contributed by atoms with E-state index in [2.05, 4.69) is 8.37 Å². The molecule has 0 aliphatic heterocycles. The molecule has 25 heteroatoms. The highest BCUT2D eigenvalue weighted by Crippen LogP contribution is 2.50. The van der Waals surface area contributed by atoms with Gasteiger partial charge in [-0.3, -0.25) is 13.2 Å². The van der Waals surface area contributed by atoms with Gasteiger partial charge in [0.2, 0.25) is 0 Å². The van der Waals surface area contributed by atoms with Crippen LogP contribution in [0.1, 0.15) is 15.9 Å². The number of carbonyl (C=O) groups excluding carboxylic acids is 1. The number of benzene rings is 2. The summed E-state index contributed by atoms with van der Waals surface area (Å²) in [5.74, 6) is -40.8. The zero-order valence-corrected chi connectivity index (χ0v) is 23.9. The highest BCUT2D eigenvalue weighted by Gasteiger charge is 2.76. The fraction of sp³-hybridized carbons (Fsp3) is 0.435. The number of rotatable bonds is 14. The zero-order valence-electron chi connectivity index (χ0n) is 22.3.